The molecule has 166 valence electrons. The van der Waals surface area contributed by atoms with Crippen LogP contribution in [-0.2, 0) is 0 Å². The SMILES string of the molecule is Cc1cc(C(F)F)nc2sc(C(N)=O)c(NC(=O)c3cnn4c(-c5cccs5)ccnc34)c12. The van der Waals surface area contributed by atoms with E-state index in [2.05, 4.69) is 20.4 Å². The first-order chi connectivity index (χ1) is 15.8. The quantitative estimate of drug-likeness (QED) is 0.376. The number of pyridine rings is 1. The molecule has 0 aliphatic carbocycles. The third-order valence-corrected chi connectivity index (χ3v) is 6.97. The number of hydrogen-bond acceptors (Lipinski definition) is 7. The number of halogens is 2. The van der Waals surface area contributed by atoms with Crippen LogP contribution in [0.25, 0.3) is 26.4 Å². The first-order valence-corrected chi connectivity index (χ1v) is 11.2. The molecule has 5 aromatic heterocycles. The van der Waals surface area contributed by atoms with E-state index >= 15 is 0 Å². The van der Waals surface area contributed by atoms with E-state index in [1.54, 1.807) is 23.7 Å². The number of hydrogen-bond donors (Lipinski definition) is 2. The summed E-state index contributed by atoms with van der Waals surface area (Å²) in [5.41, 5.74) is 6.93. The second kappa shape index (κ2) is 7.98. The van der Waals surface area contributed by atoms with Crippen LogP contribution in [0.1, 0.15) is 37.7 Å². The Bertz CT molecular complexity index is 1540. The molecular weight excluding hydrogens is 470 g/mol. The molecule has 0 saturated heterocycles. The van der Waals surface area contributed by atoms with Crippen LogP contribution in [-0.4, -0.2) is 31.4 Å². The van der Waals surface area contributed by atoms with Gasteiger partial charge < -0.3 is 11.1 Å². The maximum absolute atomic E-state index is 13.2. The van der Waals surface area contributed by atoms with Gasteiger partial charge in [-0.3, -0.25) is 9.59 Å². The molecule has 0 unspecified atom stereocenters. The monoisotopic (exact) mass is 484 g/mol. The van der Waals surface area contributed by atoms with Crippen LogP contribution in [0.15, 0.2) is 42.0 Å². The van der Waals surface area contributed by atoms with Crippen LogP contribution in [0.2, 0.25) is 0 Å². The van der Waals surface area contributed by atoms with Crippen LogP contribution < -0.4 is 11.1 Å². The number of anilines is 1. The zero-order valence-electron chi connectivity index (χ0n) is 16.9. The van der Waals surface area contributed by atoms with Crippen molar-refractivity contribution in [2.45, 2.75) is 13.3 Å². The number of carbonyl (C=O) groups is 2. The zero-order valence-corrected chi connectivity index (χ0v) is 18.5. The smallest absolute Gasteiger partial charge is 0.280 e. The molecule has 0 aliphatic rings. The number of fused-ring (bicyclic) bond motifs is 2. The van der Waals surface area contributed by atoms with Gasteiger partial charge in [0.2, 0.25) is 0 Å². The highest BCUT2D eigenvalue weighted by molar-refractivity contribution is 7.21. The third kappa shape index (κ3) is 3.52. The molecule has 0 bridgehead atoms. The van der Waals surface area contributed by atoms with E-state index in [-0.39, 0.29) is 21.0 Å². The number of amides is 2. The van der Waals surface area contributed by atoms with Gasteiger partial charge in [-0.25, -0.2) is 23.3 Å². The third-order valence-electron chi connectivity index (χ3n) is 4.98. The number of alkyl halides is 2. The van der Waals surface area contributed by atoms with Gasteiger partial charge in [-0.1, -0.05) is 6.07 Å². The molecule has 33 heavy (non-hydrogen) atoms. The standard InChI is InChI=1S/C21H14F2N6O2S2/c1-9-7-11(17(22)23)27-21-14(9)15(16(33-21)18(24)30)28-20(31)10-8-26-29-12(4-5-25-19(10)29)13-3-2-6-32-13/h2-8,17H,1H3,(H2,24,30)(H,28,31). The maximum atomic E-state index is 13.2. The van der Waals surface area contributed by atoms with Gasteiger partial charge in [-0.2, -0.15) is 5.10 Å². The molecule has 8 nitrogen and oxygen atoms in total. The van der Waals surface area contributed by atoms with Gasteiger partial charge in [0.15, 0.2) is 5.65 Å². The van der Waals surface area contributed by atoms with Crippen LogP contribution in [0.4, 0.5) is 14.5 Å². The molecule has 0 aliphatic heterocycles. The van der Waals surface area contributed by atoms with Gasteiger partial charge in [-0.15, -0.1) is 22.7 Å². The highest BCUT2D eigenvalue weighted by atomic mass is 32.1. The summed E-state index contributed by atoms with van der Waals surface area (Å²) in [7, 11) is 0. The number of thiophene rings is 2. The van der Waals surface area contributed by atoms with Gasteiger partial charge in [0.25, 0.3) is 18.2 Å². The van der Waals surface area contributed by atoms with Crippen molar-refractivity contribution in [3.8, 4) is 10.6 Å². The Morgan fingerprint density at radius 2 is 2.09 bits per heavy atom. The Morgan fingerprint density at radius 1 is 1.27 bits per heavy atom. The van der Waals surface area contributed by atoms with Crippen molar-refractivity contribution in [2.24, 2.45) is 5.73 Å². The minimum absolute atomic E-state index is 0.0177. The molecule has 0 fully saturated rings. The summed E-state index contributed by atoms with van der Waals surface area (Å²) < 4.78 is 27.9. The van der Waals surface area contributed by atoms with Crippen LogP contribution in [0, 0.1) is 6.92 Å². The Kier molecular flexibility index (Phi) is 5.10. The fraction of sp³-hybridized carbons (Fsp3) is 0.0952. The number of nitrogens with two attached hydrogens (primary N) is 1. The predicted molar refractivity (Wildman–Crippen MR) is 122 cm³/mol. The maximum Gasteiger partial charge on any atom is 0.280 e. The Labute approximate surface area is 192 Å². The predicted octanol–water partition coefficient (Wildman–Crippen LogP) is 4.66. The number of primary amides is 1. The minimum Gasteiger partial charge on any atom is -0.365 e. The van der Waals surface area contributed by atoms with E-state index in [9.17, 15) is 18.4 Å². The first-order valence-electron chi connectivity index (χ1n) is 9.55. The lowest BCUT2D eigenvalue weighted by Gasteiger charge is -2.08. The zero-order chi connectivity index (χ0) is 23.3. The van der Waals surface area contributed by atoms with Crippen molar-refractivity contribution >= 4 is 56.0 Å². The molecule has 5 aromatic rings. The summed E-state index contributed by atoms with van der Waals surface area (Å²) in [5, 5.41) is 9.33. The van der Waals surface area contributed by atoms with Crippen LogP contribution in [0.3, 0.4) is 0 Å². The average molecular weight is 485 g/mol. The first kappa shape index (κ1) is 21.1. The number of aryl methyl sites for hydroxylation is 1. The molecule has 0 spiro atoms. The average Bonchev–Trinajstić information content (AvgIpc) is 3.52. The number of aromatic nitrogens is 4. The van der Waals surface area contributed by atoms with Crippen molar-refractivity contribution in [1.29, 1.82) is 0 Å². The number of carbonyl (C=O) groups excluding carboxylic acids is 2. The van der Waals surface area contributed by atoms with E-state index in [0.29, 0.717) is 16.6 Å². The molecule has 0 saturated carbocycles. The van der Waals surface area contributed by atoms with Crippen molar-refractivity contribution in [3.05, 3.63) is 63.7 Å². The molecule has 3 N–H and O–H groups in total. The molecule has 5 rings (SSSR count). The lowest BCUT2D eigenvalue weighted by Crippen LogP contribution is -2.17. The van der Waals surface area contributed by atoms with Crippen molar-refractivity contribution in [2.75, 3.05) is 5.32 Å². The van der Waals surface area contributed by atoms with Gasteiger partial charge in [0.05, 0.1) is 22.5 Å². The largest absolute Gasteiger partial charge is 0.365 e. The number of nitrogens with one attached hydrogen (secondary N) is 1. The summed E-state index contributed by atoms with van der Waals surface area (Å²) in [5.74, 6) is -1.37. The second-order valence-corrected chi connectivity index (χ2v) is 9.02. The van der Waals surface area contributed by atoms with E-state index in [1.807, 2.05) is 17.5 Å². The lowest BCUT2D eigenvalue weighted by atomic mass is 10.1. The molecule has 0 aromatic carbocycles. The van der Waals surface area contributed by atoms with Gasteiger partial charge in [0.1, 0.15) is 21.0 Å². The molecule has 0 atom stereocenters. The lowest BCUT2D eigenvalue weighted by molar-refractivity contribution is 0.100. The normalized spacial score (nSPS) is 11.5. The number of nitrogens with zero attached hydrogens (tertiary/aromatic N) is 4. The Morgan fingerprint density at radius 3 is 2.79 bits per heavy atom. The van der Waals surface area contributed by atoms with Gasteiger partial charge in [-0.05, 0) is 36.1 Å². The van der Waals surface area contributed by atoms with E-state index in [4.69, 9.17) is 5.73 Å². The van der Waals surface area contributed by atoms with E-state index < -0.39 is 23.9 Å². The summed E-state index contributed by atoms with van der Waals surface area (Å²) in [4.78, 5) is 34.6. The van der Waals surface area contributed by atoms with E-state index in [1.165, 1.54) is 23.6 Å². The van der Waals surface area contributed by atoms with Crippen molar-refractivity contribution < 1.29 is 18.4 Å². The fourth-order valence-corrected chi connectivity index (χ4v) is 5.36. The van der Waals surface area contributed by atoms with Crippen molar-refractivity contribution in [1.82, 2.24) is 19.6 Å². The van der Waals surface area contributed by atoms with Gasteiger partial charge in [0, 0.05) is 11.6 Å². The summed E-state index contributed by atoms with van der Waals surface area (Å²) in [6.45, 7) is 1.60. The summed E-state index contributed by atoms with van der Waals surface area (Å²) in [6, 6.07) is 6.86. The topological polar surface area (TPSA) is 115 Å². The molecular formula is C21H14F2N6O2S2. The minimum atomic E-state index is -2.77. The number of rotatable bonds is 5. The fourth-order valence-electron chi connectivity index (χ4n) is 3.56. The van der Waals surface area contributed by atoms with Crippen molar-refractivity contribution in [3.63, 3.8) is 0 Å². The highest BCUT2D eigenvalue weighted by Crippen LogP contribution is 2.38. The molecule has 2 amide bonds. The highest BCUT2D eigenvalue weighted by Gasteiger charge is 2.25. The molecule has 0 radical (unpaired) electrons. The summed E-state index contributed by atoms with van der Waals surface area (Å²) in [6.07, 6.45) is 0.193. The summed E-state index contributed by atoms with van der Waals surface area (Å²) >= 11 is 2.38. The van der Waals surface area contributed by atoms with Gasteiger partial charge >= 0.3 is 0 Å². The Hall–Kier alpha value is -3.77. The van der Waals surface area contributed by atoms with Crippen LogP contribution >= 0.6 is 22.7 Å². The molecule has 5 heterocycles. The molecule has 12 heteroatoms. The van der Waals surface area contributed by atoms with E-state index in [0.717, 1.165) is 21.9 Å². The Balaban J connectivity index is 1.60. The second-order valence-electron chi connectivity index (χ2n) is 7.07. The van der Waals surface area contributed by atoms with Crippen LogP contribution in [0.5, 0.6) is 0 Å².